The normalized spacial score (nSPS) is 10.7. The number of carbonyl (C=O) groups is 1. The zero-order valence-electron chi connectivity index (χ0n) is 12.7. The van der Waals surface area contributed by atoms with Crippen molar-refractivity contribution in [1.82, 2.24) is 5.32 Å². The van der Waals surface area contributed by atoms with E-state index >= 15 is 0 Å². The van der Waals surface area contributed by atoms with Crippen molar-refractivity contribution in [2.45, 2.75) is 32.9 Å². The fourth-order valence-electron chi connectivity index (χ4n) is 1.53. The lowest BCUT2D eigenvalue weighted by molar-refractivity contribution is -0.119. The molecule has 0 heterocycles. The molecule has 5 nitrogen and oxygen atoms in total. The standard InChI is InChI=1S/C14H21BrN2O3.ClH/c1-14(2,3)17-7-9-5-10(15)13(11(6-9)19-4)20-8-12(16)18;/h5-6,17H,7-8H2,1-4H3,(H2,16,18);1H. The van der Waals surface area contributed by atoms with Crippen LogP contribution in [0.5, 0.6) is 11.5 Å². The van der Waals surface area contributed by atoms with E-state index in [-0.39, 0.29) is 24.6 Å². The first-order chi connectivity index (χ1) is 9.23. The SMILES string of the molecule is COc1cc(CNC(C)(C)C)cc(Br)c1OCC(N)=O.Cl. The predicted molar refractivity (Wildman–Crippen MR) is 89.2 cm³/mol. The number of carbonyl (C=O) groups excluding carboxylic acids is 1. The van der Waals surface area contributed by atoms with Crippen LogP contribution >= 0.6 is 28.3 Å². The van der Waals surface area contributed by atoms with Crippen molar-refractivity contribution in [3.63, 3.8) is 0 Å². The Balaban J connectivity index is 0.00000400. The Kier molecular flexibility index (Phi) is 8.06. The van der Waals surface area contributed by atoms with Crippen LogP contribution < -0.4 is 20.5 Å². The fraction of sp³-hybridized carbons (Fsp3) is 0.500. The molecule has 1 aromatic carbocycles. The van der Waals surface area contributed by atoms with E-state index in [1.54, 1.807) is 7.11 Å². The molecule has 7 heteroatoms. The first kappa shape index (κ1) is 20.0. The molecule has 0 spiro atoms. The first-order valence-electron chi connectivity index (χ1n) is 6.25. The minimum atomic E-state index is -0.530. The number of ether oxygens (including phenoxy) is 2. The summed E-state index contributed by atoms with van der Waals surface area (Å²) in [5.41, 5.74) is 6.16. The van der Waals surface area contributed by atoms with Crippen LogP contribution in [0.15, 0.2) is 16.6 Å². The first-order valence-corrected chi connectivity index (χ1v) is 7.05. The van der Waals surface area contributed by atoms with Crippen LogP contribution in [0.1, 0.15) is 26.3 Å². The third-order valence-corrected chi connectivity index (χ3v) is 3.06. The van der Waals surface area contributed by atoms with Gasteiger partial charge in [0, 0.05) is 12.1 Å². The van der Waals surface area contributed by atoms with Gasteiger partial charge in [-0.05, 0) is 54.4 Å². The quantitative estimate of drug-likeness (QED) is 0.794. The zero-order chi connectivity index (χ0) is 15.3. The van der Waals surface area contributed by atoms with E-state index in [0.717, 1.165) is 10.0 Å². The number of hydrogen-bond donors (Lipinski definition) is 2. The lowest BCUT2D eigenvalue weighted by atomic mass is 10.1. The van der Waals surface area contributed by atoms with Gasteiger partial charge in [-0.3, -0.25) is 4.79 Å². The van der Waals surface area contributed by atoms with Crippen molar-refractivity contribution in [3.05, 3.63) is 22.2 Å². The van der Waals surface area contributed by atoms with E-state index in [0.29, 0.717) is 18.0 Å². The molecular weight excluding hydrogens is 360 g/mol. The zero-order valence-corrected chi connectivity index (χ0v) is 15.1. The summed E-state index contributed by atoms with van der Waals surface area (Å²) in [5, 5.41) is 3.40. The molecule has 1 aromatic rings. The second-order valence-electron chi connectivity index (χ2n) is 5.47. The molecule has 0 bridgehead atoms. The number of nitrogens with one attached hydrogen (secondary N) is 1. The average molecular weight is 382 g/mol. The molecule has 3 N–H and O–H groups in total. The van der Waals surface area contributed by atoms with Crippen molar-refractivity contribution in [3.8, 4) is 11.5 Å². The van der Waals surface area contributed by atoms with E-state index < -0.39 is 5.91 Å². The molecule has 0 aliphatic carbocycles. The van der Waals surface area contributed by atoms with Crippen molar-refractivity contribution in [2.24, 2.45) is 5.73 Å². The van der Waals surface area contributed by atoms with E-state index in [1.165, 1.54) is 0 Å². The van der Waals surface area contributed by atoms with Gasteiger partial charge in [-0.25, -0.2) is 0 Å². The highest BCUT2D eigenvalue weighted by molar-refractivity contribution is 9.10. The van der Waals surface area contributed by atoms with Gasteiger partial charge in [-0.2, -0.15) is 0 Å². The second-order valence-corrected chi connectivity index (χ2v) is 6.32. The van der Waals surface area contributed by atoms with Gasteiger partial charge in [0.05, 0.1) is 11.6 Å². The molecule has 1 amide bonds. The second kappa shape index (κ2) is 8.46. The van der Waals surface area contributed by atoms with Crippen LogP contribution in [0.25, 0.3) is 0 Å². The summed E-state index contributed by atoms with van der Waals surface area (Å²) in [6, 6.07) is 3.80. The molecule has 0 unspecified atom stereocenters. The Morgan fingerprint density at radius 2 is 2.00 bits per heavy atom. The summed E-state index contributed by atoms with van der Waals surface area (Å²) in [5.74, 6) is 0.509. The fourth-order valence-corrected chi connectivity index (χ4v) is 2.13. The molecular formula is C14H22BrClN2O3. The Hall–Kier alpha value is -0.980. The van der Waals surface area contributed by atoms with Gasteiger partial charge in [-0.1, -0.05) is 0 Å². The summed E-state index contributed by atoms with van der Waals surface area (Å²) in [4.78, 5) is 10.8. The maximum atomic E-state index is 10.8. The minimum Gasteiger partial charge on any atom is -0.493 e. The van der Waals surface area contributed by atoms with Crippen LogP contribution in [0, 0.1) is 0 Å². The number of benzene rings is 1. The van der Waals surface area contributed by atoms with Crippen molar-refractivity contribution in [1.29, 1.82) is 0 Å². The summed E-state index contributed by atoms with van der Waals surface area (Å²) in [6.07, 6.45) is 0. The molecule has 0 radical (unpaired) electrons. The van der Waals surface area contributed by atoms with E-state index in [2.05, 4.69) is 42.0 Å². The van der Waals surface area contributed by atoms with Crippen molar-refractivity contribution >= 4 is 34.2 Å². The average Bonchev–Trinajstić information content (AvgIpc) is 2.33. The van der Waals surface area contributed by atoms with Gasteiger partial charge in [0.25, 0.3) is 5.91 Å². The maximum absolute atomic E-state index is 10.8. The van der Waals surface area contributed by atoms with Crippen LogP contribution in [-0.4, -0.2) is 25.2 Å². The molecule has 120 valence electrons. The highest BCUT2D eigenvalue weighted by atomic mass is 79.9. The molecule has 0 aliphatic rings. The smallest absolute Gasteiger partial charge is 0.255 e. The Bertz CT molecular complexity index is 490. The van der Waals surface area contributed by atoms with Crippen LogP contribution in [0.4, 0.5) is 0 Å². The number of primary amides is 1. The molecule has 0 saturated heterocycles. The molecule has 0 fully saturated rings. The molecule has 0 aliphatic heterocycles. The monoisotopic (exact) mass is 380 g/mol. The molecule has 0 aromatic heterocycles. The van der Waals surface area contributed by atoms with Gasteiger partial charge in [0.2, 0.25) is 0 Å². The summed E-state index contributed by atoms with van der Waals surface area (Å²) < 4.78 is 11.4. The number of rotatable bonds is 6. The highest BCUT2D eigenvalue weighted by Crippen LogP contribution is 2.36. The molecule has 0 atom stereocenters. The predicted octanol–water partition coefficient (Wildman–Crippen LogP) is 2.63. The van der Waals surface area contributed by atoms with Crippen LogP contribution in [0.3, 0.4) is 0 Å². The highest BCUT2D eigenvalue weighted by Gasteiger charge is 2.14. The number of methoxy groups -OCH3 is 1. The van der Waals surface area contributed by atoms with Gasteiger partial charge in [0.15, 0.2) is 18.1 Å². The molecule has 21 heavy (non-hydrogen) atoms. The number of amides is 1. The third-order valence-electron chi connectivity index (χ3n) is 2.47. The van der Waals surface area contributed by atoms with E-state index in [1.807, 2.05) is 12.1 Å². The van der Waals surface area contributed by atoms with Gasteiger partial charge < -0.3 is 20.5 Å². The lowest BCUT2D eigenvalue weighted by Gasteiger charge is -2.21. The minimum absolute atomic E-state index is 0. The number of nitrogens with two attached hydrogens (primary N) is 1. The van der Waals surface area contributed by atoms with Gasteiger partial charge in [-0.15, -0.1) is 12.4 Å². The number of halogens is 2. The Morgan fingerprint density at radius 3 is 2.48 bits per heavy atom. The largest absolute Gasteiger partial charge is 0.493 e. The summed E-state index contributed by atoms with van der Waals surface area (Å²) >= 11 is 3.42. The molecule has 1 rings (SSSR count). The van der Waals surface area contributed by atoms with Crippen LogP contribution in [-0.2, 0) is 11.3 Å². The van der Waals surface area contributed by atoms with Gasteiger partial charge in [0.1, 0.15) is 0 Å². The van der Waals surface area contributed by atoms with Crippen molar-refractivity contribution < 1.29 is 14.3 Å². The van der Waals surface area contributed by atoms with E-state index in [9.17, 15) is 4.79 Å². The van der Waals surface area contributed by atoms with Crippen LogP contribution in [0.2, 0.25) is 0 Å². The van der Waals surface area contributed by atoms with E-state index in [4.69, 9.17) is 15.2 Å². The Labute approximate surface area is 140 Å². The van der Waals surface area contributed by atoms with Crippen molar-refractivity contribution in [2.75, 3.05) is 13.7 Å². The maximum Gasteiger partial charge on any atom is 0.255 e. The summed E-state index contributed by atoms with van der Waals surface area (Å²) in [6.45, 7) is 6.82. The lowest BCUT2D eigenvalue weighted by Crippen LogP contribution is -2.35. The number of hydrogen-bond acceptors (Lipinski definition) is 4. The third kappa shape index (κ3) is 7.02. The molecule has 0 saturated carbocycles. The van der Waals surface area contributed by atoms with Gasteiger partial charge >= 0.3 is 0 Å². The summed E-state index contributed by atoms with van der Waals surface area (Å²) in [7, 11) is 1.56. The topological polar surface area (TPSA) is 73.6 Å². The Morgan fingerprint density at radius 1 is 1.38 bits per heavy atom.